The molecule has 2 aromatic carbocycles. The Balaban J connectivity index is 1.85. The lowest BCUT2D eigenvalue weighted by atomic mass is 10.2. The fourth-order valence-electron chi connectivity index (χ4n) is 2.33. The average molecular weight is 453 g/mol. The molecule has 8 heteroatoms. The van der Waals surface area contributed by atoms with E-state index in [4.69, 9.17) is 23.2 Å². The standard InChI is InChI=1S/C17H8BrCl2N3OS/c18-10-6-4-9(5-7-10)15-21-17-23(22-15)16(24)14(25-17)8-11-12(19)2-1-3-13(11)20/h1-8H. The SMILES string of the molecule is O=c1c(=Cc2c(Cl)cccc2Cl)sc2nc(-c3ccc(Br)cc3)nn12. The van der Waals surface area contributed by atoms with Crippen molar-refractivity contribution in [2.75, 3.05) is 0 Å². The zero-order chi connectivity index (χ0) is 17.6. The number of nitrogens with zero attached hydrogens (tertiary/aromatic N) is 3. The third-order valence-electron chi connectivity index (χ3n) is 3.56. The van der Waals surface area contributed by atoms with Crippen LogP contribution in [0.5, 0.6) is 0 Å². The van der Waals surface area contributed by atoms with E-state index in [1.54, 1.807) is 24.3 Å². The molecule has 0 atom stereocenters. The van der Waals surface area contributed by atoms with Crippen LogP contribution in [0.25, 0.3) is 22.4 Å². The lowest BCUT2D eigenvalue weighted by molar-refractivity contribution is 0.937. The van der Waals surface area contributed by atoms with Gasteiger partial charge < -0.3 is 0 Å². The van der Waals surface area contributed by atoms with Gasteiger partial charge in [0.2, 0.25) is 4.96 Å². The quantitative estimate of drug-likeness (QED) is 0.451. The van der Waals surface area contributed by atoms with E-state index < -0.39 is 0 Å². The van der Waals surface area contributed by atoms with Crippen molar-refractivity contribution in [3.05, 3.63) is 77.4 Å². The minimum atomic E-state index is -0.244. The second-order valence-corrected chi connectivity index (χ2v) is 7.93. The Bertz CT molecular complexity index is 1180. The van der Waals surface area contributed by atoms with Gasteiger partial charge in [0, 0.05) is 25.6 Å². The van der Waals surface area contributed by atoms with Crippen molar-refractivity contribution in [3.63, 3.8) is 0 Å². The van der Waals surface area contributed by atoms with Gasteiger partial charge in [-0.1, -0.05) is 68.7 Å². The number of fused-ring (bicyclic) bond motifs is 1. The molecule has 0 spiro atoms. The van der Waals surface area contributed by atoms with E-state index in [-0.39, 0.29) is 5.56 Å². The average Bonchev–Trinajstić information content (AvgIpc) is 3.12. The van der Waals surface area contributed by atoms with Crippen LogP contribution < -0.4 is 10.1 Å². The summed E-state index contributed by atoms with van der Waals surface area (Å²) in [6.45, 7) is 0. The summed E-state index contributed by atoms with van der Waals surface area (Å²) >= 11 is 17.0. The van der Waals surface area contributed by atoms with Gasteiger partial charge in [0.05, 0.1) is 4.53 Å². The second kappa shape index (κ2) is 6.53. The first-order valence-electron chi connectivity index (χ1n) is 7.14. The summed E-state index contributed by atoms with van der Waals surface area (Å²) in [5.41, 5.74) is 1.21. The summed E-state index contributed by atoms with van der Waals surface area (Å²) < 4.78 is 2.75. The predicted molar refractivity (Wildman–Crippen MR) is 106 cm³/mol. The summed E-state index contributed by atoms with van der Waals surface area (Å²) in [4.78, 5) is 17.6. The van der Waals surface area contributed by atoms with Crippen molar-refractivity contribution in [3.8, 4) is 11.4 Å². The number of hydrogen-bond donors (Lipinski definition) is 0. The number of benzene rings is 2. The Morgan fingerprint density at radius 3 is 2.40 bits per heavy atom. The number of aromatic nitrogens is 3. The molecule has 2 heterocycles. The lowest BCUT2D eigenvalue weighted by Gasteiger charge is -1.99. The molecule has 0 radical (unpaired) electrons. The molecule has 0 fully saturated rings. The van der Waals surface area contributed by atoms with Gasteiger partial charge in [0.15, 0.2) is 5.82 Å². The molecule has 124 valence electrons. The van der Waals surface area contributed by atoms with Gasteiger partial charge in [-0.05, 0) is 30.3 Å². The topological polar surface area (TPSA) is 47.3 Å². The molecule has 0 aliphatic carbocycles. The maximum absolute atomic E-state index is 12.6. The van der Waals surface area contributed by atoms with Crippen LogP contribution in [-0.4, -0.2) is 14.6 Å². The van der Waals surface area contributed by atoms with E-state index in [1.807, 2.05) is 24.3 Å². The number of halogens is 3. The summed E-state index contributed by atoms with van der Waals surface area (Å²) in [5, 5.41) is 5.30. The minimum Gasteiger partial charge on any atom is -0.266 e. The minimum absolute atomic E-state index is 0.244. The highest BCUT2D eigenvalue weighted by atomic mass is 79.9. The zero-order valence-electron chi connectivity index (χ0n) is 12.4. The van der Waals surface area contributed by atoms with Crippen molar-refractivity contribution in [2.24, 2.45) is 0 Å². The Kier molecular flexibility index (Phi) is 4.37. The molecular weight excluding hydrogens is 445 g/mol. The van der Waals surface area contributed by atoms with Crippen LogP contribution in [0.3, 0.4) is 0 Å². The molecule has 25 heavy (non-hydrogen) atoms. The molecule has 4 nitrogen and oxygen atoms in total. The first kappa shape index (κ1) is 16.7. The number of rotatable bonds is 2. The van der Waals surface area contributed by atoms with Gasteiger partial charge in [-0.2, -0.15) is 9.50 Å². The van der Waals surface area contributed by atoms with Gasteiger partial charge in [0.1, 0.15) is 0 Å². The van der Waals surface area contributed by atoms with Gasteiger partial charge in [-0.25, -0.2) is 0 Å². The van der Waals surface area contributed by atoms with E-state index in [0.29, 0.717) is 30.9 Å². The highest BCUT2D eigenvalue weighted by Gasteiger charge is 2.12. The highest BCUT2D eigenvalue weighted by Crippen LogP contribution is 2.25. The number of thiazole rings is 1. The molecule has 0 saturated carbocycles. The van der Waals surface area contributed by atoms with E-state index >= 15 is 0 Å². The predicted octanol–water partition coefficient (Wildman–Crippen LogP) is 4.44. The van der Waals surface area contributed by atoms with Gasteiger partial charge >= 0.3 is 0 Å². The van der Waals surface area contributed by atoms with E-state index in [9.17, 15) is 4.79 Å². The van der Waals surface area contributed by atoms with Crippen LogP contribution in [0, 0.1) is 0 Å². The van der Waals surface area contributed by atoms with Gasteiger partial charge in [-0.15, -0.1) is 5.10 Å². The summed E-state index contributed by atoms with van der Waals surface area (Å²) in [6.07, 6.45) is 1.67. The second-order valence-electron chi connectivity index (χ2n) is 5.19. The van der Waals surface area contributed by atoms with Crippen molar-refractivity contribution >= 4 is 61.5 Å². The van der Waals surface area contributed by atoms with Crippen molar-refractivity contribution in [1.29, 1.82) is 0 Å². The normalized spacial score (nSPS) is 12.2. The zero-order valence-corrected chi connectivity index (χ0v) is 16.3. The smallest absolute Gasteiger partial charge is 0.266 e. The van der Waals surface area contributed by atoms with Crippen LogP contribution in [0.4, 0.5) is 0 Å². The maximum atomic E-state index is 12.6. The molecule has 0 aliphatic rings. The van der Waals surface area contributed by atoms with Crippen LogP contribution in [0.15, 0.2) is 51.7 Å². The van der Waals surface area contributed by atoms with Gasteiger partial charge in [-0.3, -0.25) is 4.79 Å². The van der Waals surface area contributed by atoms with Crippen molar-refractivity contribution < 1.29 is 0 Å². The number of hydrogen-bond acceptors (Lipinski definition) is 4. The Hall–Kier alpha value is -1.73. The van der Waals surface area contributed by atoms with Crippen molar-refractivity contribution in [1.82, 2.24) is 14.6 Å². The Morgan fingerprint density at radius 2 is 1.76 bits per heavy atom. The molecule has 2 aromatic heterocycles. The largest absolute Gasteiger partial charge is 0.291 e. The van der Waals surface area contributed by atoms with Crippen LogP contribution >= 0.6 is 50.5 Å². The Labute approximate surface area is 164 Å². The molecule has 0 saturated heterocycles. The van der Waals surface area contributed by atoms with E-state index in [1.165, 1.54) is 15.9 Å². The van der Waals surface area contributed by atoms with Crippen LogP contribution in [0.2, 0.25) is 10.0 Å². The fraction of sp³-hybridized carbons (Fsp3) is 0. The first-order valence-corrected chi connectivity index (χ1v) is 9.51. The molecule has 4 rings (SSSR count). The molecular formula is C17H8BrCl2N3OS. The first-order chi connectivity index (χ1) is 12.0. The summed E-state index contributed by atoms with van der Waals surface area (Å²) in [6, 6.07) is 12.8. The van der Waals surface area contributed by atoms with Gasteiger partial charge in [0.25, 0.3) is 5.56 Å². The van der Waals surface area contributed by atoms with Crippen molar-refractivity contribution in [2.45, 2.75) is 0 Å². The molecule has 0 aliphatic heterocycles. The molecule has 4 aromatic rings. The Morgan fingerprint density at radius 1 is 1.08 bits per heavy atom. The molecule has 0 amide bonds. The summed E-state index contributed by atoms with van der Waals surface area (Å²) in [5.74, 6) is 0.512. The summed E-state index contributed by atoms with van der Waals surface area (Å²) in [7, 11) is 0. The fourth-order valence-corrected chi connectivity index (χ4v) is 4.00. The van der Waals surface area contributed by atoms with Crippen LogP contribution in [0.1, 0.15) is 5.56 Å². The molecule has 0 unspecified atom stereocenters. The van der Waals surface area contributed by atoms with E-state index in [2.05, 4.69) is 26.0 Å². The molecule has 0 N–H and O–H groups in total. The van der Waals surface area contributed by atoms with Crippen LogP contribution in [-0.2, 0) is 0 Å². The monoisotopic (exact) mass is 451 g/mol. The highest BCUT2D eigenvalue weighted by molar-refractivity contribution is 9.10. The van der Waals surface area contributed by atoms with E-state index in [0.717, 1.165) is 10.0 Å². The third-order valence-corrected chi connectivity index (χ3v) is 5.71. The maximum Gasteiger partial charge on any atom is 0.291 e. The third kappa shape index (κ3) is 3.11. The lowest BCUT2D eigenvalue weighted by Crippen LogP contribution is -2.23. The molecule has 0 bridgehead atoms.